The molecule has 2 aromatic rings. The van der Waals surface area contributed by atoms with E-state index in [0.717, 1.165) is 17.0 Å². The molecule has 1 saturated heterocycles. The molecule has 0 unspecified atom stereocenters. The van der Waals surface area contributed by atoms with Crippen LogP contribution in [0.4, 0.5) is 14.9 Å². The summed E-state index contributed by atoms with van der Waals surface area (Å²) in [6.07, 6.45) is 1.85. The third-order valence-corrected chi connectivity index (χ3v) is 5.49. The Labute approximate surface area is 174 Å². The van der Waals surface area contributed by atoms with Gasteiger partial charge in [-0.25, -0.2) is 9.18 Å². The third kappa shape index (κ3) is 3.79. The molecule has 1 atom stereocenters. The van der Waals surface area contributed by atoms with Crippen molar-refractivity contribution in [2.24, 2.45) is 7.05 Å². The fraction of sp³-hybridized carbons (Fsp3) is 0.429. The minimum atomic E-state index is -1.30. The van der Waals surface area contributed by atoms with Gasteiger partial charge in [-0.3, -0.25) is 19.2 Å². The lowest BCUT2D eigenvalue weighted by atomic mass is 9.85. The topological polar surface area (TPSA) is 96.3 Å². The largest absolute Gasteiger partial charge is 0.325 e. The van der Waals surface area contributed by atoms with Gasteiger partial charge >= 0.3 is 6.03 Å². The third-order valence-electron chi connectivity index (χ3n) is 5.49. The summed E-state index contributed by atoms with van der Waals surface area (Å²) in [5.74, 6) is -1.44. The number of carbonyl (C=O) groups excluding carboxylic acids is 3. The number of imide groups is 1. The molecule has 8 nitrogen and oxygen atoms in total. The van der Waals surface area contributed by atoms with E-state index in [9.17, 15) is 18.8 Å². The Morgan fingerprint density at radius 3 is 2.47 bits per heavy atom. The zero-order valence-corrected chi connectivity index (χ0v) is 17.6. The van der Waals surface area contributed by atoms with Crippen LogP contribution in [0.5, 0.6) is 0 Å². The monoisotopic (exact) mass is 415 g/mol. The molecular weight excluding hydrogens is 389 g/mol. The maximum atomic E-state index is 13.4. The first-order valence-electron chi connectivity index (χ1n) is 9.89. The highest BCUT2D eigenvalue weighted by atomic mass is 19.1. The van der Waals surface area contributed by atoms with Crippen molar-refractivity contribution >= 4 is 23.5 Å². The van der Waals surface area contributed by atoms with Crippen LogP contribution in [0.3, 0.4) is 0 Å². The number of anilines is 1. The molecule has 1 aliphatic rings. The minimum absolute atomic E-state index is 0.360. The van der Waals surface area contributed by atoms with Crippen LogP contribution in [0.15, 0.2) is 24.3 Å². The first kappa shape index (κ1) is 21.5. The lowest BCUT2D eigenvalue weighted by Gasteiger charge is -2.27. The van der Waals surface area contributed by atoms with Crippen LogP contribution in [0, 0.1) is 19.7 Å². The van der Waals surface area contributed by atoms with Gasteiger partial charge in [0, 0.05) is 7.05 Å². The zero-order valence-electron chi connectivity index (χ0n) is 17.6. The van der Waals surface area contributed by atoms with Crippen LogP contribution in [-0.2, 0) is 22.2 Å². The van der Waals surface area contributed by atoms with Crippen molar-refractivity contribution in [2.45, 2.75) is 45.6 Å². The molecule has 0 aliphatic carbocycles. The lowest BCUT2D eigenvalue weighted by molar-refractivity contribution is -0.134. The quantitative estimate of drug-likeness (QED) is 0.680. The van der Waals surface area contributed by atoms with Crippen LogP contribution in [-0.4, -0.2) is 39.1 Å². The van der Waals surface area contributed by atoms with E-state index in [-0.39, 0.29) is 0 Å². The van der Waals surface area contributed by atoms with Gasteiger partial charge in [-0.05, 0) is 38.0 Å². The molecule has 9 heteroatoms. The molecule has 1 aliphatic heterocycles. The molecule has 4 amide bonds. The molecule has 0 saturated carbocycles. The number of rotatable bonds is 7. The van der Waals surface area contributed by atoms with E-state index in [4.69, 9.17) is 0 Å². The second kappa shape index (κ2) is 8.25. The van der Waals surface area contributed by atoms with Gasteiger partial charge in [0.25, 0.3) is 5.91 Å². The van der Waals surface area contributed by atoms with Crippen molar-refractivity contribution in [1.82, 2.24) is 20.0 Å². The summed E-state index contributed by atoms with van der Waals surface area (Å²) in [5, 5.41) is 9.73. The molecule has 1 aromatic carbocycles. The van der Waals surface area contributed by atoms with Gasteiger partial charge in [0.1, 0.15) is 17.9 Å². The number of benzene rings is 1. The van der Waals surface area contributed by atoms with E-state index in [1.54, 1.807) is 18.7 Å². The number of aromatic nitrogens is 2. The van der Waals surface area contributed by atoms with Gasteiger partial charge < -0.3 is 10.6 Å². The highest BCUT2D eigenvalue weighted by Gasteiger charge is 2.52. The Morgan fingerprint density at radius 2 is 1.90 bits per heavy atom. The summed E-state index contributed by atoms with van der Waals surface area (Å²) in [4.78, 5) is 39.5. The fourth-order valence-corrected chi connectivity index (χ4v) is 3.73. The Hall–Kier alpha value is -3.23. The van der Waals surface area contributed by atoms with Gasteiger partial charge in [-0.1, -0.05) is 31.9 Å². The van der Waals surface area contributed by atoms with Crippen LogP contribution in [0.25, 0.3) is 0 Å². The summed E-state index contributed by atoms with van der Waals surface area (Å²) < 4.78 is 15.0. The molecular formula is C21H26FN5O3. The summed E-state index contributed by atoms with van der Waals surface area (Å²) in [6, 6.07) is 4.86. The van der Waals surface area contributed by atoms with Gasteiger partial charge in [0.2, 0.25) is 5.91 Å². The number of aryl methyl sites for hydroxylation is 2. The van der Waals surface area contributed by atoms with Gasteiger partial charge in [0.05, 0.1) is 17.1 Å². The Morgan fingerprint density at radius 1 is 1.23 bits per heavy atom. The number of carbonyl (C=O) groups is 3. The number of urea groups is 1. The van der Waals surface area contributed by atoms with Crippen molar-refractivity contribution in [3.05, 3.63) is 47.0 Å². The van der Waals surface area contributed by atoms with Crippen molar-refractivity contribution in [1.29, 1.82) is 0 Å². The van der Waals surface area contributed by atoms with Crippen molar-refractivity contribution in [2.75, 3.05) is 11.9 Å². The second-order valence-corrected chi connectivity index (χ2v) is 7.55. The fourth-order valence-electron chi connectivity index (χ4n) is 3.73. The van der Waals surface area contributed by atoms with E-state index in [1.807, 2.05) is 13.8 Å². The molecule has 0 radical (unpaired) electrons. The van der Waals surface area contributed by atoms with Crippen molar-refractivity contribution < 1.29 is 18.8 Å². The molecule has 1 fully saturated rings. The number of nitrogens with one attached hydrogen (secondary N) is 2. The lowest BCUT2D eigenvalue weighted by Crippen LogP contribution is -2.44. The molecule has 1 aromatic heterocycles. The molecule has 2 N–H and O–H groups in total. The van der Waals surface area contributed by atoms with Crippen LogP contribution in [0.1, 0.15) is 43.1 Å². The summed E-state index contributed by atoms with van der Waals surface area (Å²) in [6.45, 7) is 5.13. The number of nitrogens with zero attached hydrogens (tertiary/aromatic N) is 3. The highest BCUT2D eigenvalue weighted by Crippen LogP contribution is 2.34. The highest BCUT2D eigenvalue weighted by molar-refractivity contribution is 6.10. The molecule has 0 bridgehead atoms. The Balaban J connectivity index is 1.84. The summed E-state index contributed by atoms with van der Waals surface area (Å²) in [7, 11) is 1.76. The minimum Gasteiger partial charge on any atom is -0.321 e. The summed E-state index contributed by atoms with van der Waals surface area (Å²) in [5.41, 5.74) is 1.16. The summed E-state index contributed by atoms with van der Waals surface area (Å²) >= 11 is 0. The average molecular weight is 415 g/mol. The number of hydrogen-bond donors (Lipinski definition) is 2. The normalized spacial score (nSPS) is 18.6. The predicted molar refractivity (Wildman–Crippen MR) is 109 cm³/mol. The first-order valence-corrected chi connectivity index (χ1v) is 9.89. The maximum Gasteiger partial charge on any atom is 0.325 e. The van der Waals surface area contributed by atoms with Gasteiger partial charge in [-0.2, -0.15) is 5.10 Å². The molecule has 3 rings (SSSR count). The number of halogens is 1. The molecule has 2 heterocycles. The number of hydrogen-bond acceptors (Lipinski definition) is 4. The Bertz CT molecular complexity index is 985. The standard InChI is InChI=1S/C21H26FN5O3/c1-5-6-11-21(15-7-9-16(22)10-8-15)19(29)27(20(30)24-21)12-17(28)23-18-13(2)25-26(4)14(18)3/h7-10H,5-6,11-12H2,1-4H3,(H,23,28)(H,24,30)/t21-/m1/s1. The first-order chi connectivity index (χ1) is 14.2. The molecule has 160 valence electrons. The van der Waals surface area contributed by atoms with E-state index in [0.29, 0.717) is 29.8 Å². The van der Waals surface area contributed by atoms with E-state index in [2.05, 4.69) is 15.7 Å². The second-order valence-electron chi connectivity index (χ2n) is 7.55. The molecule has 30 heavy (non-hydrogen) atoms. The van der Waals surface area contributed by atoms with Crippen molar-refractivity contribution in [3.63, 3.8) is 0 Å². The predicted octanol–water partition coefficient (Wildman–Crippen LogP) is 2.75. The SMILES string of the molecule is CCCC[C@]1(c2ccc(F)cc2)NC(=O)N(CC(=O)Nc2c(C)nn(C)c2C)C1=O. The molecule has 0 spiro atoms. The smallest absolute Gasteiger partial charge is 0.321 e. The van der Waals surface area contributed by atoms with Gasteiger partial charge in [-0.15, -0.1) is 0 Å². The van der Waals surface area contributed by atoms with Crippen molar-refractivity contribution in [3.8, 4) is 0 Å². The van der Waals surface area contributed by atoms with Crippen LogP contribution >= 0.6 is 0 Å². The average Bonchev–Trinajstić information content (AvgIpc) is 3.09. The van der Waals surface area contributed by atoms with Gasteiger partial charge in [0.15, 0.2) is 0 Å². The number of amides is 4. The zero-order chi connectivity index (χ0) is 22.1. The van der Waals surface area contributed by atoms with E-state index < -0.39 is 35.7 Å². The van der Waals surface area contributed by atoms with E-state index in [1.165, 1.54) is 24.3 Å². The van der Waals surface area contributed by atoms with Crippen LogP contribution in [0.2, 0.25) is 0 Å². The maximum absolute atomic E-state index is 13.4. The Kier molecular flexibility index (Phi) is 5.91. The van der Waals surface area contributed by atoms with Crippen LogP contribution < -0.4 is 10.6 Å². The number of unbranched alkanes of at least 4 members (excludes halogenated alkanes) is 1. The van der Waals surface area contributed by atoms with E-state index >= 15 is 0 Å².